The predicted molar refractivity (Wildman–Crippen MR) is 231 cm³/mol. The number of aliphatic carboxylic acids is 1. The van der Waals surface area contributed by atoms with E-state index in [1.54, 1.807) is 67.8 Å². The van der Waals surface area contributed by atoms with Crippen molar-refractivity contribution in [2.75, 3.05) is 34.7 Å². The molecule has 0 aliphatic heterocycles. The Bertz CT molecular complexity index is 1600. The lowest BCUT2D eigenvalue weighted by molar-refractivity contribution is -0.385. The standard InChI is InChI=1S/C16H23N3O5.C14H18N2O6.C8H19N.C2H7N.CH4/c1-16(2,3)24-15(21)17-13(14(20)18(4)5)10-11-7-6-8-12(9-11)19(22)23;1-14(2,3)22-13(19)15-11(12(17)18)8-9-5-4-6-10(7-9)16(20)21;1-6-9(7(2)3)8(4)5;1-3-2;/h6-9,13H,10H2,1-5H3,(H,17,21);4-7,11H,8H2,1-3H3,(H,15,19)(H,17,18);7-8H,6H2,1-5H3;3H,1-2H3;1H4/t13-;11-;;;/m00.../s1. The molecule has 0 aliphatic carbocycles. The van der Waals surface area contributed by atoms with E-state index in [0.29, 0.717) is 23.2 Å². The molecule has 59 heavy (non-hydrogen) atoms. The molecule has 0 unspecified atom stereocenters. The van der Waals surface area contributed by atoms with E-state index >= 15 is 0 Å². The molecular weight excluding hydrogens is 766 g/mol. The number of ether oxygens (including phenoxy) is 2. The van der Waals surface area contributed by atoms with Crippen LogP contribution in [0.15, 0.2) is 48.5 Å². The van der Waals surface area contributed by atoms with Crippen molar-refractivity contribution in [3.05, 3.63) is 79.9 Å². The first-order valence-electron chi connectivity index (χ1n) is 18.8. The Balaban J connectivity index is -0.000000827. The molecule has 18 nitrogen and oxygen atoms in total. The molecule has 4 N–H and O–H groups in total. The summed E-state index contributed by atoms with van der Waals surface area (Å²) in [6.07, 6.45) is -1.53. The minimum atomic E-state index is -1.25. The summed E-state index contributed by atoms with van der Waals surface area (Å²) >= 11 is 0. The van der Waals surface area contributed by atoms with Gasteiger partial charge in [0.05, 0.1) is 9.85 Å². The summed E-state index contributed by atoms with van der Waals surface area (Å²) in [5.41, 5.74) is -0.655. The van der Waals surface area contributed by atoms with Crippen molar-refractivity contribution < 1.29 is 43.6 Å². The van der Waals surface area contributed by atoms with E-state index in [4.69, 9.17) is 14.6 Å². The van der Waals surface area contributed by atoms with Gasteiger partial charge < -0.3 is 35.4 Å². The van der Waals surface area contributed by atoms with Gasteiger partial charge in [0.2, 0.25) is 5.91 Å². The van der Waals surface area contributed by atoms with Crippen molar-refractivity contribution in [3.8, 4) is 0 Å². The Morgan fingerprint density at radius 3 is 1.32 bits per heavy atom. The van der Waals surface area contributed by atoms with Crippen LogP contribution in [-0.4, -0.2) is 119 Å². The zero-order chi connectivity index (χ0) is 45.6. The van der Waals surface area contributed by atoms with E-state index in [-0.39, 0.29) is 37.6 Å². The maximum Gasteiger partial charge on any atom is 0.408 e. The summed E-state index contributed by atoms with van der Waals surface area (Å²) in [7, 11) is 6.89. The number of benzene rings is 2. The minimum Gasteiger partial charge on any atom is -0.480 e. The molecule has 0 heterocycles. The molecule has 0 bridgehead atoms. The van der Waals surface area contributed by atoms with E-state index in [2.05, 4.69) is 55.5 Å². The van der Waals surface area contributed by atoms with Crippen molar-refractivity contribution in [1.82, 2.24) is 25.8 Å². The SMILES string of the molecule is C.CC(C)(C)OC(=O)N[C@@H](Cc1cccc([N+](=O)[O-])c1)C(=O)O.CCN(C(C)C)C(C)C.CN(C)C(=O)[C@H](Cc1cccc([N+](=O)[O-])c1)NC(=O)OC(C)(C)C.CNC. The first kappa shape index (κ1) is 58.0. The maximum absolute atomic E-state index is 12.3. The quantitative estimate of drug-likeness (QED) is 0.120. The molecule has 0 spiro atoms. The van der Waals surface area contributed by atoms with E-state index < -0.39 is 51.3 Å². The number of hydrogen-bond donors (Lipinski definition) is 4. The van der Waals surface area contributed by atoms with Crippen molar-refractivity contribution >= 4 is 35.4 Å². The third kappa shape index (κ3) is 27.1. The fraction of sp³-hybridized carbons (Fsp3) is 0.610. The summed E-state index contributed by atoms with van der Waals surface area (Å²) < 4.78 is 10.2. The second kappa shape index (κ2) is 28.1. The minimum absolute atomic E-state index is 0. The molecule has 0 aromatic heterocycles. The van der Waals surface area contributed by atoms with Crippen LogP contribution >= 0.6 is 0 Å². The second-order valence-electron chi connectivity index (χ2n) is 15.7. The number of nitro groups is 2. The number of carboxylic acid groups (broad SMARTS) is 1. The van der Waals surface area contributed by atoms with Crippen LogP contribution in [0.4, 0.5) is 21.0 Å². The van der Waals surface area contributed by atoms with Crippen molar-refractivity contribution in [3.63, 3.8) is 0 Å². The number of non-ortho nitro benzene ring substituents is 2. The fourth-order valence-corrected chi connectivity index (χ4v) is 5.00. The lowest BCUT2D eigenvalue weighted by atomic mass is 10.0. The van der Waals surface area contributed by atoms with Crippen LogP contribution in [0.2, 0.25) is 0 Å². The van der Waals surface area contributed by atoms with Gasteiger partial charge >= 0.3 is 18.2 Å². The van der Waals surface area contributed by atoms with Crippen LogP contribution in [0, 0.1) is 20.2 Å². The van der Waals surface area contributed by atoms with Crippen LogP contribution in [0.25, 0.3) is 0 Å². The van der Waals surface area contributed by atoms with Crippen LogP contribution in [0.5, 0.6) is 0 Å². The summed E-state index contributed by atoms with van der Waals surface area (Å²) in [4.78, 5) is 71.4. The molecule has 0 radical (unpaired) electrons. The number of carbonyl (C=O) groups excluding carboxylic acids is 3. The van der Waals surface area contributed by atoms with Crippen molar-refractivity contribution in [2.24, 2.45) is 0 Å². The molecule has 2 aromatic rings. The van der Waals surface area contributed by atoms with Gasteiger partial charge in [-0.25, -0.2) is 14.4 Å². The average Bonchev–Trinajstić information content (AvgIpc) is 3.06. The Morgan fingerprint density at radius 1 is 0.729 bits per heavy atom. The Labute approximate surface area is 350 Å². The highest BCUT2D eigenvalue weighted by Crippen LogP contribution is 2.17. The monoisotopic (exact) mass is 838 g/mol. The fourth-order valence-electron chi connectivity index (χ4n) is 5.00. The van der Waals surface area contributed by atoms with Crippen molar-refractivity contribution in [2.45, 2.75) is 132 Å². The molecular formula is C41H71N7O11. The zero-order valence-electron chi connectivity index (χ0n) is 36.9. The highest BCUT2D eigenvalue weighted by molar-refractivity contribution is 5.85. The molecule has 0 saturated heterocycles. The number of nitro benzene ring substituents is 2. The van der Waals surface area contributed by atoms with Gasteiger partial charge in [0.15, 0.2) is 0 Å². The van der Waals surface area contributed by atoms with Crippen LogP contribution in [0.1, 0.15) is 94.7 Å². The third-order valence-corrected chi connectivity index (χ3v) is 7.23. The number of alkyl carbamates (subject to hydrolysis) is 2. The van der Waals surface area contributed by atoms with E-state index in [1.807, 2.05) is 14.1 Å². The number of likely N-dealkylation sites (N-methyl/N-ethyl adjacent to an activating group) is 1. The van der Waals surface area contributed by atoms with Gasteiger partial charge in [-0.3, -0.25) is 29.9 Å². The van der Waals surface area contributed by atoms with Gasteiger partial charge in [0.25, 0.3) is 11.4 Å². The van der Waals surface area contributed by atoms with Crippen LogP contribution in [-0.2, 0) is 31.9 Å². The summed E-state index contributed by atoms with van der Waals surface area (Å²) in [6, 6.07) is 10.8. The number of carbonyl (C=O) groups is 4. The van der Waals surface area contributed by atoms with Gasteiger partial charge in [-0.15, -0.1) is 0 Å². The van der Waals surface area contributed by atoms with Gasteiger partial charge in [0, 0.05) is 63.3 Å². The molecule has 0 saturated carbocycles. The Morgan fingerprint density at radius 2 is 1.07 bits per heavy atom. The van der Waals surface area contributed by atoms with Gasteiger partial charge in [-0.2, -0.15) is 0 Å². The number of nitrogens with one attached hydrogen (secondary N) is 3. The Kier molecular flexibility index (Phi) is 27.6. The van der Waals surface area contributed by atoms with E-state index in [9.17, 15) is 39.4 Å². The molecule has 2 atom stereocenters. The average molecular weight is 838 g/mol. The smallest absolute Gasteiger partial charge is 0.408 e. The first-order chi connectivity index (χ1) is 26.6. The molecule has 336 valence electrons. The van der Waals surface area contributed by atoms with Crippen molar-refractivity contribution in [1.29, 1.82) is 0 Å². The number of amides is 3. The van der Waals surface area contributed by atoms with Crippen LogP contribution in [0.3, 0.4) is 0 Å². The lowest BCUT2D eigenvalue weighted by Crippen LogP contribution is -2.48. The normalized spacial score (nSPS) is 11.7. The predicted octanol–water partition coefficient (Wildman–Crippen LogP) is 6.83. The highest BCUT2D eigenvalue weighted by atomic mass is 16.6. The number of hydrogen-bond acceptors (Lipinski definition) is 12. The molecule has 3 amide bonds. The largest absolute Gasteiger partial charge is 0.480 e. The lowest BCUT2D eigenvalue weighted by Gasteiger charge is -2.28. The molecule has 0 fully saturated rings. The summed E-state index contributed by atoms with van der Waals surface area (Å²) in [5, 5.41) is 38.2. The van der Waals surface area contributed by atoms with Gasteiger partial charge in [-0.1, -0.05) is 38.6 Å². The van der Waals surface area contributed by atoms with Gasteiger partial charge in [0.1, 0.15) is 23.3 Å². The molecule has 18 heteroatoms. The number of rotatable bonds is 13. The first-order valence-corrected chi connectivity index (χ1v) is 18.8. The topological polar surface area (TPSA) is 236 Å². The number of nitrogens with zero attached hydrogens (tertiary/aromatic N) is 4. The summed E-state index contributed by atoms with van der Waals surface area (Å²) in [6.45, 7) is 22.5. The van der Waals surface area contributed by atoms with E-state index in [1.165, 1.54) is 41.3 Å². The summed E-state index contributed by atoms with van der Waals surface area (Å²) in [5.74, 6) is -1.58. The molecule has 2 rings (SSSR count). The molecule has 0 aliphatic rings. The zero-order valence-corrected chi connectivity index (χ0v) is 36.9. The second-order valence-corrected chi connectivity index (χ2v) is 15.7. The maximum atomic E-state index is 12.3. The van der Waals surface area contributed by atoms with Gasteiger partial charge in [-0.05, 0) is 101 Å². The third-order valence-electron chi connectivity index (χ3n) is 7.23. The molecule has 2 aromatic carbocycles. The van der Waals surface area contributed by atoms with E-state index in [0.717, 1.165) is 6.54 Å². The highest BCUT2D eigenvalue weighted by Gasteiger charge is 2.27. The van der Waals surface area contributed by atoms with Crippen LogP contribution < -0.4 is 16.0 Å². The Hall–Kier alpha value is -5.36. The number of carboxylic acids is 1.